The van der Waals surface area contributed by atoms with Crippen LogP contribution in [-0.2, 0) is 39.9 Å². The van der Waals surface area contributed by atoms with Gasteiger partial charge in [0.25, 0.3) is 0 Å². The summed E-state index contributed by atoms with van der Waals surface area (Å²) in [4.78, 5) is 62.6. The van der Waals surface area contributed by atoms with Gasteiger partial charge in [0.15, 0.2) is 5.82 Å². The predicted molar refractivity (Wildman–Crippen MR) is 341 cm³/mol. The summed E-state index contributed by atoms with van der Waals surface area (Å²) in [5.41, 5.74) is 5.58. The summed E-state index contributed by atoms with van der Waals surface area (Å²) in [6, 6.07) is 18.9. The Labute approximate surface area is 532 Å². The minimum absolute atomic E-state index is 0.0172. The number of phenolic OH excluding ortho intramolecular Hbond substituents is 1. The SMILES string of the molecule is C=CC(=O)N1CCN(c2nc(O[C@H](C)CN3CCC(OCCOCCOCCOCCOc4cc(-c5scnc5C)ccc4CNC(=O)[C@@H]4C[C@@H](O)CN4C(=O)[C@@H](c4cc(C)no4)C(C)C)CC3)nc3c(F)c(-c4cc(O)cc5ccccc45)c(Cl)cc23)CC1. The summed E-state index contributed by atoms with van der Waals surface area (Å²) in [6.07, 6.45) is 1.95. The Morgan fingerprint density at radius 1 is 0.889 bits per heavy atom. The zero-order valence-corrected chi connectivity index (χ0v) is 53.1. The lowest BCUT2D eigenvalue weighted by molar-refractivity contribution is -0.141. The second-order valence-electron chi connectivity index (χ2n) is 23.3. The Morgan fingerprint density at radius 2 is 1.61 bits per heavy atom. The number of aromatic nitrogens is 4. The number of aliphatic hydroxyl groups is 1. The van der Waals surface area contributed by atoms with Crippen molar-refractivity contribution in [2.24, 2.45) is 5.92 Å². The molecule has 0 saturated carbocycles. The number of aliphatic hydroxyl groups excluding tert-OH is 1. The van der Waals surface area contributed by atoms with E-state index in [0.29, 0.717) is 118 Å². The fraction of sp³-hybridized carbons (Fsp3) is 0.470. The molecule has 10 rings (SSSR count). The van der Waals surface area contributed by atoms with E-state index < -0.39 is 23.9 Å². The maximum absolute atomic E-state index is 17.2. The van der Waals surface area contributed by atoms with Crippen LogP contribution in [-0.4, -0.2) is 192 Å². The fourth-order valence-corrected chi connectivity index (χ4v) is 13.0. The highest BCUT2D eigenvalue weighted by Crippen LogP contribution is 2.43. The highest BCUT2D eigenvalue weighted by Gasteiger charge is 2.43. The van der Waals surface area contributed by atoms with Crippen LogP contribution < -0.4 is 19.7 Å². The molecule has 3 aromatic heterocycles. The summed E-state index contributed by atoms with van der Waals surface area (Å²) in [7, 11) is 0. The first-order valence-electron chi connectivity index (χ1n) is 30.7. The van der Waals surface area contributed by atoms with E-state index in [1.54, 1.807) is 35.5 Å². The third-order valence-electron chi connectivity index (χ3n) is 16.5. The number of amides is 3. The monoisotopic (exact) mass is 1280 g/mol. The Morgan fingerprint density at radius 3 is 2.30 bits per heavy atom. The molecule has 6 heterocycles. The number of phenols is 1. The van der Waals surface area contributed by atoms with E-state index in [4.69, 9.17) is 49.5 Å². The number of thiazole rings is 1. The Bertz CT molecular complexity index is 3630. The zero-order chi connectivity index (χ0) is 63.4. The number of aryl methyl sites for hydroxylation is 2. The molecule has 4 atom stereocenters. The molecule has 0 unspecified atom stereocenters. The lowest BCUT2D eigenvalue weighted by Crippen LogP contribution is -2.48. The number of nitrogens with one attached hydrogen (secondary N) is 1. The molecule has 0 radical (unpaired) electrons. The number of piperazine rings is 1. The third kappa shape index (κ3) is 16.0. The fourth-order valence-electron chi connectivity index (χ4n) is 11.9. The van der Waals surface area contributed by atoms with Crippen molar-refractivity contribution in [2.45, 2.75) is 90.7 Å². The van der Waals surface area contributed by atoms with Gasteiger partial charge in [0.2, 0.25) is 17.7 Å². The average Bonchev–Trinajstić information content (AvgIpc) is 1.15. The van der Waals surface area contributed by atoms with Gasteiger partial charge in [-0.05, 0) is 91.8 Å². The molecule has 21 nitrogen and oxygen atoms in total. The van der Waals surface area contributed by atoms with Crippen molar-refractivity contribution in [3.05, 3.63) is 118 Å². The van der Waals surface area contributed by atoms with Gasteiger partial charge in [-0.1, -0.05) is 73.6 Å². The smallest absolute Gasteiger partial charge is 0.319 e. The molecule has 24 heteroatoms. The maximum atomic E-state index is 17.2. The van der Waals surface area contributed by atoms with Crippen molar-refractivity contribution in [2.75, 3.05) is 110 Å². The lowest BCUT2D eigenvalue weighted by atomic mass is 9.91. The lowest BCUT2D eigenvalue weighted by Gasteiger charge is -2.35. The van der Waals surface area contributed by atoms with Crippen molar-refractivity contribution in [3.8, 4) is 39.1 Å². The molecule has 3 aliphatic heterocycles. The number of halogens is 2. The van der Waals surface area contributed by atoms with Gasteiger partial charge < -0.3 is 63.2 Å². The first kappa shape index (κ1) is 65.6. The molecule has 4 aromatic carbocycles. The normalized spacial score (nSPS) is 17.4. The van der Waals surface area contributed by atoms with Crippen LogP contribution >= 0.6 is 22.9 Å². The van der Waals surface area contributed by atoms with E-state index in [0.717, 1.165) is 53.0 Å². The number of carbonyl (C=O) groups excluding carboxylic acids is 3. The summed E-state index contributed by atoms with van der Waals surface area (Å²) in [5, 5.41) is 30.3. The topological polar surface area (TPSA) is 237 Å². The van der Waals surface area contributed by atoms with Gasteiger partial charge in [0, 0.05) is 87.9 Å². The summed E-state index contributed by atoms with van der Waals surface area (Å²) < 4.78 is 58.9. The highest BCUT2D eigenvalue weighted by molar-refractivity contribution is 7.13. The molecule has 3 aliphatic rings. The number of benzene rings is 4. The second-order valence-corrected chi connectivity index (χ2v) is 24.5. The van der Waals surface area contributed by atoms with Crippen LogP contribution in [0.4, 0.5) is 10.2 Å². The summed E-state index contributed by atoms with van der Waals surface area (Å²) >= 11 is 8.47. The standard InChI is InChI=1S/C66H79ClFN9O12S/c1-7-57(80)75-18-20-76(21-19-75)63-52-35-53(67)59(51-33-47(78)31-44-10-8-9-11-50(44)51)60(68)61(52)71-66(72-63)88-42(5)37-74-16-14-49(15-17-74)86-28-26-84-24-22-83-23-25-85-27-29-87-55-32-45(62-43(6)70-39-90-62)12-13-46(55)36-69-64(81)54-34-48(79)38-77(54)65(82)58(40(2)3)56-30-41(4)73-89-56/h7-13,30-33,35,39-40,42,48-49,54,58,78-79H,1,14-29,34,36-38H2,2-6H3,(H,69,81)/t42-,48-,54+,58-/m1/s1. The van der Waals surface area contributed by atoms with Crippen LogP contribution in [0.2, 0.25) is 5.02 Å². The summed E-state index contributed by atoms with van der Waals surface area (Å²) in [5.74, 6) is -0.853. The van der Waals surface area contributed by atoms with Crippen molar-refractivity contribution in [1.82, 2.24) is 40.1 Å². The predicted octanol–water partition coefficient (Wildman–Crippen LogP) is 8.91. The van der Waals surface area contributed by atoms with Crippen LogP contribution in [0.1, 0.15) is 68.7 Å². The number of aromatic hydroxyl groups is 1. The van der Waals surface area contributed by atoms with E-state index in [1.165, 1.54) is 28.4 Å². The Kier molecular flexibility index (Phi) is 22.3. The molecule has 0 aliphatic carbocycles. The van der Waals surface area contributed by atoms with Gasteiger partial charge in [-0.3, -0.25) is 19.3 Å². The molecule has 0 bridgehead atoms. The number of fused-ring (bicyclic) bond motifs is 2. The van der Waals surface area contributed by atoms with E-state index >= 15 is 4.39 Å². The van der Waals surface area contributed by atoms with Gasteiger partial charge in [-0.2, -0.15) is 9.97 Å². The Hall–Kier alpha value is -7.35. The zero-order valence-electron chi connectivity index (χ0n) is 51.5. The van der Waals surface area contributed by atoms with Crippen LogP contribution in [0.15, 0.2) is 89.4 Å². The summed E-state index contributed by atoms with van der Waals surface area (Å²) in [6.45, 7) is 20.1. The number of rotatable bonds is 28. The molecule has 480 valence electrons. The van der Waals surface area contributed by atoms with Crippen LogP contribution in [0, 0.1) is 25.6 Å². The Balaban J connectivity index is 0.632. The number of likely N-dealkylation sites (tertiary alicyclic amines) is 2. The van der Waals surface area contributed by atoms with Crippen LogP contribution in [0.25, 0.3) is 43.2 Å². The molecule has 7 aromatic rings. The van der Waals surface area contributed by atoms with Crippen molar-refractivity contribution in [3.63, 3.8) is 0 Å². The highest BCUT2D eigenvalue weighted by atomic mass is 35.5. The maximum Gasteiger partial charge on any atom is 0.319 e. The quantitative estimate of drug-likeness (QED) is 0.0306. The minimum atomic E-state index is -0.865. The van der Waals surface area contributed by atoms with Crippen LogP contribution in [0.3, 0.4) is 0 Å². The molecule has 0 spiro atoms. The third-order valence-corrected chi connectivity index (χ3v) is 17.7. The van der Waals surface area contributed by atoms with E-state index in [9.17, 15) is 24.6 Å². The van der Waals surface area contributed by atoms with Gasteiger partial charge in [0.05, 0.1) is 85.3 Å². The van der Waals surface area contributed by atoms with Crippen molar-refractivity contribution in [1.29, 1.82) is 0 Å². The number of hydrogen-bond donors (Lipinski definition) is 3. The van der Waals surface area contributed by atoms with Crippen molar-refractivity contribution < 1.29 is 61.9 Å². The number of piperidine rings is 1. The number of carbonyl (C=O) groups is 3. The first-order valence-corrected chi connectivity index (χ1v) is 32.0. The molecular weight excluding hydrogens is 1200 g/mol. The molecular formula is C66H79ClFN9O12S. The number of ether oxygens (including phenoxy) is 6. The van der Waals surface area contributed by atoms with E-state index in [1.807, 2.05) is 75.1 Å². The minimum Gasteiger partial charge on any atom is -0.508 e. The van der Waals surface area contributed by atoms with Gasteiger partial charge in [-0.15, -0.1) is 11.3 Å². The molecule has 3 amide bonds. The van der Waals surface area contributed by atoms with Gasteiger partial charge >= 0.3 is 6.01 Å². The van der Waals surface area contributed by atoms with Crippen molar-refractivity contribution >= 4 is 68.2 Å². The molecule has 3 N–H and O–H groups in total. The largest absolute Gasteiger partial charge is 0.508 e. The van der Waals surface area contributed by atoms with E-state index in [-0.39, 0.29) is 89.8 Å². The first-order chi connectivity index (χ1) is 43.5. The van der Waals surface area contributed by atoms with Crippen LogP contribution in [0.5, 0.6) is 17.5 Å². The molecule has 3 fully saturated rings. The van der Waals surface area contributed by atoms with Gasteiger partial charge in [-0.25, -0.2) is 9.37 Å². The number of β-amino-alcohol motifs (C(OH)–C–C–N with tert-alkyl or cyclic N) is 1. The number of nitrogens with zero attached hydrogens (tertiary/aromatic N) is 8. The average molecular weight is 1280 g/mol. The van der Waals surface area contributed by atoms with Gasteiger partial charge in [0.1, 0.15) is 53.3 Å². The molecule has 90 heavy (non-hydrogen) atoms. The number of anilines is 1. The second kappa shape index (κ2) is 30.6. The van der Waals surface area contributed by atoms with E-state index in [2.05, 4.69) is 31.9 Å². The number of hydrogen-bond acceptors (Lipinski definition) is 19. The molecule has 3 saturated heterocycles.